The lowest BCUT2D eigenvalue weighted by atomic mass is 9.52. The third-order valence-corrected chi connectivity index (χ3v) is 8.56. The molecule has 4 N–H and O–H groups in total. The van der Waals surface area contributed by atoms with E-state index >= 15 is 0 Å². The van der Waals surface area contributed by atoms with Crippen LogP contribution in [0.25, 0.3) is 0 Å². The molecule has 4 saturated carbocycles. The topological polar surface area (TPSA) is 108 Å². The molecule has 2 aromatic rings. The number of carbonyl (C=O) groups is 1. The van der Waals surface area contributed by atoms with Crippen molar-refractivity contribution in [3.8, 4) is 0 Å². The van der Waals surface area contributed by atoms with Crippen molar-refractivity contribution in [1.29, 1.82) is 0 Å². The molecular weight excluding hydrogens is 428 g/mol. The molecule has 7 rings (SSSR count). The van der Waals surface area contributed by atoms with Crippen LogP contribution < -0.4 is 20.9 Å². The lowest BCUT2D eigenvalue weighted by Gasteiger charge is -2.58. The number of rotatable bonds is 4. The molecule has 2 unspecified atom stereocenters. The van der Waals surface area contributed by atoms with E-state index in [9.17, 15) is 9.90 Å². The summed E-state index contributed by atoms with van der Waals surface area (Å²) in [6.45, 7) is 4.70. The average Bonchev–Trinajstić information content (AvgIpc) is 2.81. The molecular formula is C26H34N6O2. The van der Waals surface area contributed by atoms with E-state index < -0.39 is 5.60 Å². The fourth-order valence-electron chi connectivity index (χ4n) is 7.27. The van der Waals surface area contributed by atoms with Crippen LogP contribution >= 0.6 is 0 Å². The van der Waals surface area contributed by atoms with Crippen molar-refractivity contribution in [2.24, 2.45) is 17.8 Å². The van der Waals surface area contributed by atoms with E-state index in [1.54, 1.807) is 0 Å². The van der Waals surface area contributed by atoms with Crippen molar-refractivity contribution >= 4 is 23.2 Å². The summed E-state index contributed by atoms with van der Waals surface area (Å²) in [6.07, 6.45) is 6.67. The first-order chi connectivity index (χ1) is 16.4. The Labute approximate surface area is 200 Å². The van der Waals surface area contributed by atoms with Crippen LogP contribution in [0.15, 0.2) is 36.5 Å². The maximum Gasteiger partial charge on any atom is 0.270 e. The third-order valence-electron chi connectivity index (χ3n) is 8.56. The highest BCUT2D eigenvalue weighted by Crippen LogP contribution is 2.55. The lowest BCUT2D eigenvalue weighted by molar-refractivity contribution is -0.136. The van der Waals surface area contributed by atoms with Crippen LogP contribution in [0.3, 0.4) is 0 Å². The number of aromatic nitrogens is 2. The molecule has 5 aliphatic rings. The van der Waals surface area contributed by atoms with Gasteiger partial charge in [0.2, 0.25) is 0 Å². The molecule has 3 atom stereocenters. The molecule has 4 aliphatic carbocycles. The first-order valence-corrected chi connectivity index (χ1v) is 12.6. The monoisotopic (exact) mass is 462 g/mol. The standard InChI is InChI=1S/C26H34N6O2/c1-16-15-31(20-5-6-22(27)28-14-20)7-8-32(16)23-4-2-3-21(29-23)25(33)30-24-18-9-17-10-19(24)13-26(34,11-17)12-18/h2-6,14,16-19,24,34H,7-13,15H2,1H3,(H2,27,28)(H,30,33)/t16-,17?,18?,19?,24?,26?/m1/s1. The van der Waals surface area contributed by atoms with Crippen molar-refractivity contribution in [2.45, 2.75) is 56.7 Å². The minimum absolute atomic E-state index is 0.0921. The van der Waals surface area contributed by atoms with Crippen molar-refractivity contribution in [3.05, 3.63) is 42.2 Å². The van der Waals surface area contributed by atoms with Gasteiger partial charge < -0.3 is 26.0 Å². The summed E-state index contributed by atoms with van der Waals surface area (Å²) in [5.41, 5.74) is 6.79. The van der Waals surface area contributed by atoms with Gasteiger partial charge in [-0.15, -0.1) is 0 Å². The summed E-state index contributed by atoms with van der Waals surface area (Å²) in [5.74, 6) is 2.68. The summed E-state index contributed by atoms with van der Waals surface area (Å²) < 4.78 is 0. The van der Waals surface area contributed by atoms with E-state index in [4.69, 9.17) is 10.7 Å². The largest absolute Gasteiger partial charge is 0.390 e. The molecule has 8 nitrogen and oxygen atoms in total. The second-order valence-corrected chi connectivity index (χ2v) is 11.0. The highest BCUT2D eigenvalue weighted by atomic mass is 16.3. The van der Waals surface area contributed by atoms with E-state index in [1.165, 1.54) is 0 Å². The fraction of sp³-hybridized carbons (Fsp3) is 0.577. The number of amides is 1. The number of nitrogen functional groups attached to an aromatic ring is 1. The number of aliphatic hydroxyl groups is 1. The quantitative estimate of drug-likeness (QED) is 0.641. The van der Waals surface area contributed by atoms with Crippen LogP contribution in [0.2, 0.25) is 0 Å². The van der Waals surface area contributed by atoms with Crippen molar-refractivity contribution in [1.82, 2.24) is 15.3 Å². The predicted octanol–water partition coefficient (Wildman–Crippen LogP) is 2.44. The molecule has 34 heavy (non-hydrogen) atoms. The van der Waals surface area contributed by atoms with E-state index in [1.807, 2.05) is 36.5 Å². The molecule has 2 aromatic heterocycles. The maximum absolute atomic E-state index is 13.2. The van der Waals surface area contributed by atoms with Gasteiger partial charge in [-0.1, -0.05) is 6.07 Å². The molecule has 1 amide bonds. The van der Waals surface area contributed by atoms with Gasteiger partial charge in [0.25, 0.3) is 5.91 Å². The Morgan fingerprint density at radius 1 is 1.15 bits per heavy atom. The summed E-state index contributed by atoms with van der Waals surface area (Å²) in [6, 6.07) is 9.97. The number of nitrogens with zero attached hydrogens (tertiary/aromatic N) is 4. The molecule has 8 heteroatoms. The lowest BCUT2D eigenvalue weighted by Crippen LogP contribution is -2.61. The summed E-state index contributed by atoms with van der Waals surface area (Å²) in [4.78, 5) is 26.8. The number of nitrogens with two attached hydrogens (primary N) is 1. The van der Waals surface area contributed by atoms with Crippen LogP contribution in [-0.2, 0) is 0 Å². The second-order valence-electron chi connectivity index (χ2n) is 11.0. The highest BCUT2D eigenvalue weighted by Gasteiger charge is 2.55. The van der Waals surface area contributed by atoms with Gasteiger partial charge in [-0.2, -0.15) is 0 Å². The zero-order chi connectivity index (χ0) is 23.4. The second kappa shape index (κ2) is 8.12. The Morgan fingerprint density at radius 3 is 2.62 bits per heavy atom. The van der Waals surface area contributed by atoms with E-state index in [0.29, 0.717) is 29.3 Å². The van der Waals surface area contributed by atoms with Gasteiger partial charge in [0, 0.05) is 31.7 Å². The van der Waals surface area contributed by atoms with Gasteiger partial charge in [-0.25, -0.2) is 9.97 Å². The molecule has 0 radical (unpaired) electrons. The first kappa shape index (κ1) is 21.6. The Balaban J connectivity index is 1.13. The van der Waals surface area contributed by atoms with E-state index in [2.05, 4.69) is 27.0 Å². The Bertz CT molecular complexity index is 1060. The molecule has 4 bridgehead atoms. The Morgan fingerprint density at radius 2 is 1.94 bits per heavy atom. The van der Waals surface area contributed by atoms with Crippen LogP contribution in [0.4, 0.5) is 17.3 Å². The molecule has 0 spiro atoms. The summed E-state index contributed by atoms with van der Waals surface area (Å²) in [5, 5.41) is 14.2. The number of piperazine rings is 1. The van der Waals surface area contributed by atoms with Gasteiger partial charge in [-0.3, -0.25) is 4.79 Å². The van der Waals surface area contributed by atoms with Gasteiger partial charge in [-0.05, 0) is 81.0 Å². The minimum atomic E-state index is -0.489. The smallest absolute Gasteiger partial charge is 0.270 e. The number of carbonyl (C=O) groups excluding carboxylic acids is 1. The molecule has 5 fully saturated rings. The molecule has 3 heterocycles. The first-order valence-electron chi connectivity index (χ1n) is 12.6. The number of hydrogen-bond donors (Lipinski definition) is 3. The normalized spacial score (nSPS) is 34.4. The SMILES string of the molecule is C[C@@H]1CN(c2ccc(N)nc2)CCN1c1cccc(C(=O)NC2C3CC4CC2CC(O)(C4)C3)n1. The summed E-state index contributed by atoms with van der Waals surface area (Å²) in [7, 11) is 0. The minimum Gasteiger partial charge on any atom is -0.390 e. The number of pyridine rings is 2. The number of hydrogen-bond acceptors (Lipinski definition) is 7. The Kier molecular flexibility index (Phi) is 5.17. The fourth-order valence-corrected chi connectivity index (χ4v) is 7.27. The van der Waals surface area contributed by atoms with Gasteiger partial charge in [0.15, 0.2) is 0 Å². The average molecular weight is 463 g/mol. The number of nitrogens with one attached hydrogen (secondary N) is 1. The Hall–Kier alpha value is -2.87. The number of anilines is 3. The molecule has 1 saturated heterocycles. The van der Waals surface area contributed by atoms with Crippen molar-refractivity contribution < 1.29 is 9.90 Å². The van der Waals surface area contributed by atoms with Crippen molar-refractivity contribution in [2.75, 3.05) is 35.2 Å². The predicted molar refractivity (Wildman–Crippen MR) is 132 cm³/mol. The summed E-state index contributed by atoms with van der Waals surface area (Å²) >= 11 is 0. The van der Waals surface area contributed by atoms with Crippen LogP contribution in [-0.4, -0.2) is 58.3 Å². The van der Waals surface area contributed by atoms with E-state index in [0.717, 1.165) is 63.2 Å². The molecule has 1 aliphatic heterocycles. The highest BCUT2D eigenvalue weighted by molar-refractivity contribution is 5.93. The van der Waals surface area contributed by atoms with E-state index in [-0.39, 0.29) is 18.0 Å². The van der Waals surface area contributed by atoms with Gasteiger partial charge >= 0.3 is 0 Å². The van der Waals surface area contributed by atoms with Crippen molar-refractivity contribution in [3.63, 3.8) is 0 Å². The van der Waals surface area contributed by atoms with Crippen LogP contribution in [0.1, 0.15) is 49.5 Å². The molecule has 180 valence electrons. The van der Waals surface area contributed by atoms with Crippen LogP contribution in [0, 0.1) is 17.8 Å². The van der Waals surface area contributed by atoms with Gasteiger partial charge in [0.05, 0.1) is 17.5 Å². The van der Waals surface area contributed by atoms with Gasteiger partial charge in [0.1, 0.15) is 17.3 Å². The zero-order valence-electron chi connectivity index (χ0n) is 19.7. The zero-order valence-corrected chi connectivity index (χ0v) is 19.7. The maximum atomic E-state index is 13.2. The van der Waals surface area contributed by atoms with Crippen LogP contribution in [0.5, 0.6) is 0 Å². The molecule has 0 aromatic carbocycles. The third kappa shape index (κ3) is 3.87.